The molecule has 1 aromatic heterocycles. The summed E-state index contributed by atoms with van der Waals surface area (Å²) in [6.07, 6.45) is 1.98. The Morgan fingerprint density at radius 1 is 1.30 bits per heavy atom. The van der Waals surface area contributed by atoms with Gasteiger partial charge in [-0.15, -0.1) is 0 Å². The van der Waals surface area contributed by atoms with E-state index in [0.29, 0.717) is 12.4 Å². The zero-order chi connectivity index (χ0) is 14.4. The summed E-state index contributed by atoms with van der Waals surface area (Å²) >= 11 is 0. The van der Waals surface area contributed by atoms with Gasteiger partial charge >= 0.3 is 5.97 Å². The molecule has 1 aromatic carbocycles. The molecule has 5 heteroatoms. The minimum Gasteiger partial charge on any atom is -0.487 e. The predicted molar refractivity (Wildman–Crippen MR) is 74.3 cm³/mol. The van der Waals surface area contributed by atoms with Crippen LogP contribution in [0.1, 0.15) is 11.3 Å². The third-order valence-corrected chi connectivity index (χ3v) is 2.78. The third kappa shape index (κ3) is 4.07. The van der Waals surface area contributed by atoms with Crippen LogP contribution in [0, 0.1) is 0 Å². The van der Waals surface area contributed by atoms with Gasteiger partial charge in [0, 0.05) is 6.20 Å². The fourth-order valence-electron chi connectivity index (χ4n) is 1.74. The summed E-state index contributed by atoms with van der Waals surface area (Å²) < 4.78 is 5.62. The summed E-state index contributed by atoms with van der Waals surface area (Å²) in [5.41, 5.74) is 7.18. The molecular weight excluding hydrogens is 256 g/mol. The van der Waals surface area contributed by atoms with Crippen molar-refractivity contribution in [2.45, 2.75) is 19.1 Å². The number of hydrogen-bond donors (Lipinski definition) is 2. The molecule has 0 aliphatic rings. The zero-order valence-corrected chi connectivity index (χ0v) is 10.9. The third-order valence-electron chi connectivity index (χ3n) is 2.78. The second-order valence-corrected chi connectivity index (χ2v) is 4.41. The highest BCUT2D eigenvalue weighted by molar-refractivity contribution is 5.73. The van der Waals surface area contributed by atoms with Gasteiger partial charge in [0.25, 0.3) is 0 Å². The lowest BCUT2D eigenvalue weighted by Crippen LogP contribution is -2.32. The van der Waals surface area contributed by atoms with E-state index < -0.39 is 12.0 Å². The van der Waals surface area contributed by atoms with Gasteiger partial charge in [0.1, 0.15) is 18.4 Å². The molecule has 1 unspecified atom stereocenters. The number of ether oxygens (including phenoxy) is 1. The van der Waals surface area contributed by atoms with Crippen LogP contribution in [0.2, 0.25) is 0 Å². The Bertz CT molecular complexity index is 572. The van der Waals surface area contributed by atoms with Gasteiger partial charge in [0.15, 0.2) is 0 Å². The van der Waals surface area contributed by atoms with Gasteiger partial charge in [-0.3, -0.25) is 9.78 Å². The molecule has 2 rings (SSSR count). The Hall–Kier alpha value is -2.40. The molecule has 2 aromatic rings. The Kier molecular flexibility index (Phi) is 4.68. The number of carboxylic acids is 1. The maximum atomic E-state index is 10.7. The number of benzene rings is 1. The first-order valence-electron chi connectivity index (χ1n) is 6.25. The standard InChI is InChI=1S/C15H16N2O3/c16-14(15(18)19)9-11-4-3-6-13(8-11)20-10-12-5-1-2-7-17-12/h1-8,14H,9-10,16H2,(H,18,19). The molecular formula is C15H16N2O3. The Labute approximate surface area is 117 Å². The quantitative estimate of drug-likeness (QED) is 0.834. The van der Waals surface area contributed by atoms with Crippen LogP contribution in [-0.2, 0) is 17.8 Å². The monoisotopic (exact) mass is 272 g/mol. The molecule has 0 amide bonds. The van der Waals surface area contributed by atoms with E-state index in [4.69, 9.17) is 15.6 Å². The Morgan fingerprint density at radius 3 is 2.85 bits per heavy atom. The molecule has 0 spiro atoms. The molecule has 3 N–H and O–H groups in total. The first kappa shape index (κ1) is 14.0. The normalized spacial score (nSPS) is 11.8. The lowest BCUT2D eigenvalue weighted by atomic mass is 10.1. The van der Waals surface area contributed by atoms with E-state index in [-0.39, 0.29) is 6.42 Å². The maximum absolute atomic E-state index is 10.7. The van der Waals surface area contributed by atoms with E-state index in [1.165, 1.54) is 0 Å². The van der Waals surface area contributed by atoms with Gasteiger partial charge in [-0.05, 0) is 36.2 Å². The van der Waals surface area contributed by atoms with Gasteiger partial charge in [0.05, 0.1) is 5.69 Å². The van der Waals surface area contributed by atoms with E-state index in [1.54, 1.807) is 12.3 Å². The first-order chi connectivity index (χ1) is 9.65. The van der Waals surface area contributed by atoms with E-state index in [2.05, 4.69) is 4.98 Å². The van der Waals surface area contributed by atoms with Crippen molar-refractivity contribution in [3.63, 3.8) is 0 Å². The number of pyridine rings is 1. The predicted octanol–water partition coefficient (Wildman–Crippen LogP) is 1.62. The second-order valence-electron chi connectivity index (χ2n) is 4.41. The fourth-order valence-corrected chi connectivity index (χ4v) is 1.74. The molecule has 1 heterocycles. The molecule has 20 heavy (non-hydrogen) atoms. The number of aromatic nitrogens is 1. The van der Waals surface area contributed by atoms with Crippen LogP contribution < -0.4 is 10.5 Å². The molecule has 0 saturated heterocycles. The van der Waals surface area contributed by atoms with Gasteiger partial charge in [-0.2, -0.15) is 0 Å². The second kappa shape index (κ2) is 6.68. The number of nitrogens with zero attached hydrogens (tertiary/aromatic N) is 1. The summed E-state index contributed by atoms with van der Waals surface area (Å²) in [7, 11) is 0. The molecule has 104 valence electrons. The molecule has 0 radical (unpaired) electrons. The number of rotatable bonds is 6. The number of hydrogen-bond acceptors (Lipinski definition) is 4. The molecule has 0 saturated carbocycles. The van der Waals surface area contributed by atoms with Crippen molar-refractivity contribution < 1.29 is 14.6 Å². The average molecular weight is 272 g/mol. The fraction of sp³-hybridized carbons (Fsp3) is 0.200. The van der Waals surface area contributed by atoms with Crippen molar-refractivity contribution in [1.82, 2.24) is 4.98 Å². The van der Waals surface area contributed by atoms with Crippen molar-refractivity contribution in [3.05, 3.63) is 59.9 Å². The number of nitrogens with two attached hydrogens (primary N) is 1. The highest BCUT2D eigenvalue weighted by atomic mass is 16.5. The lowest BCUT2D eigenvalue weighted by molar-refractivity contribution is -0.138. The van der Waals surface area contributed by atoms with Crippen LogP contribution in [0.25, 0.3) is 0 Å². The van der Waals surface area contributed by atoms with E-state index in [1.807, 2.05) is 36.4 Å². The number of carboxylic acid groups (broad SMARTS) is 1. The topological polar surface area (TPSA) is 85.4 Å². The molecule has 0 fully saturated rings. The van der Waals surface area contributed by atoms with Crippen LogP contribution in [0.15, 0.2) is 48.7 Å². The van der Waals surface area contributed by atoms with Crippen LogP contribution >= 0.6 is 0 Å². The van der Waals surface area contributed by atoms with Crippen LogP contribution in [0.5, 0.6) is 5.75 Å². The van der Waals surface area contributed by atoms with Crippen LogP contribution in [0.3, 0.4) is 0 Å². The molecule has 0 bridgehead atoms. The first-order valence-corrected chi connectivity index (χ1v) is 6.25. The smallest absolute Gasteiger partial charge is 0.320 e. The Morgan fingerprint density at radius 2 is 2.15 bits per heavy atom. The minimum absolute atomic E-state index is 0.274. The number of aliphatic carboxylic acids is 1. The average Bonchev–Trinajstić information content (AvgIpc) is 2.46. The van der Waals surface area contributed by atoms with Crippen molar-refractivity contribution in [3.8, 4) is 5.75 Å². The highest BCUT2D eigenvalue weighted by Crippen LogP contribution is 2.15. The van der Waals surface area contributed by atoms with Crippen LogP contribution in [-0.4, -0.2) is 22.1 Å². The van der Waals surface area contributed by atoms with Crippen molar-refractivity contribution in [2.24, 2.45) is 5.73 Å². The zero-order valence-electron chi connectivity index (χ0n) is 10.9. The minimum atomic E-state index is -1.01. The molecule has 0 aliphatic heterocycles. The maximum Gasteiger partial charge on any atom is 0.320 e. The van der Waals surface area contributed by atoms with Crippen LogP contribution in [0.4, 0.5) is 0 Å². The number of carbonyl (C=O) groups is 1. The summed E-state index contributed by atoms with van der Waals surface area (Å²) in [6.45, 7) is 0.370. The van der Waals surface area contributed by atoms with E-state index >= 15 is 0 Å². The van der Waals surface area contributed by atoms with Gasteiger partial charge in [-0.25, -0.2) is 0 Å². The molecule has 0 aliphatic carbocycles. The summed E-state index contributed by atoms with van der Waals surface area (Å²) in [5, 5.41) is 8.80. The summed E-state index contributed by atoms with van der Waals surface area (Å²) in [6, 6.07) is 12.0. The van der Waals surface area contributed by atoms with Crippen molar-refractivity contribution in [1.29, 1.82) is 0 Å². The van der Waals surface area contributed by atoms with Gasteiger partial charge < -0.3 is 15.6 Å². The summed E-state index contributed by atoms with van der Waals surface area (Å²) in [5.74, 6) is -0.337. The largest absolute Gasteiger partial charge is 0.487 e. The SMILES string of the molecule is NC(Cc1cccc(OCc2ccccn2)c1)C(=O)O. The Balaban J connectivity index is 1.97. The van der Waals surface area contributed by atoms with Gasteiger partial charge in [0.2, 0.25) is 0 Å². The van der Waals surface area contributed by atoms with E-state index in [9.17, 15) is 4.79 Å². The molecule has 5 nitrogen and oxygen atoms in total. The summed E-state index contributed by atoms with van der Waals surface area (Å²) in [4.78, 5) is 14.9. The lowest BCUT2D eigenvalue weighted by Gasteiger charge is -2.09. The van der Waals surface area contributed by atoms with Crippen molar-refractivity contribution >= 4 is 5.97 Å². The van der Waals surface area contributed by atoms with Crippen molar-refractivity contribution in [2.75, 3.05) is 0 Å². The van der Waals surface area contributed by atoms with E-state index in [0.717, 1.165) is 11.3 Å². The molecule has 1 atom stereocenters. The van der Waals surface area contributed by atoms with Gasteiger partial charge in [-0.1, -0.05) is 18.2 Å². The highest BCUT2D eigenvalue weighted by Gasteiger charge is 2.12.